The summed E-state index contributed by atoms with van der Waals surface area (Å²) in [6, 6.07) is 9.27. The summed E-state index contributed by atoms with van der Waals surface area (Å²) in [4.78, 5) is 0. The van der Waals surface area contributed by atoms with E-state index in [1.807, 2.05) is 0 Å². The van der Waals surface area contributed by atoms with Crippen LogP contribution in [0.25, 0.3) is 0 Å². The van der Waals surface area contributed by atoms with Gasteiger partial charge in [0, 0.05) is 17.1 Å². The molecular weight excluding hydrogens is 238 g/mol. The van der Waals surface area contributed by atoms with Gasteiger partial charge < -0.3 is 5.32 Å². The molecule has 2 aliphatic rings. The molecule has 1 N–H and O–H groups in total. The topological polar surface area (TPSA) is 12.0 Å². The summed E-state index contributed by atoms with van der Waals surface area (Å²) in [5.74, 6) is 0. The first-order valence-corrected chi connectivity index (χ1v) is 6.06. The minimum atomic E-state index is 0.593. The van der Waals surface area contributed by atoms with Crippen LogP contribution in [0.15, 0.2) is 28.7 Å². The van der Waals surface area contributed by atoms with Crippen LogP contribution in [-0.4, -0.2) is 6.54 Å². The Hall–Kier alpha value is -0.340. The highest BCUT2D eigenvalue weighted by Gasteiger charge is 2.48. The van der Waals surface area contributed by atoms with Gasteiger partial charge in [-0.15, -0.1) is 0 Å². The molecule has 1 heterocycles. The number of nitrogens with one attached hydrogen (secondary N) is 1. The van der Waals surface area contributed by atoms with E-state index in [0.29, 0.717) is 11.5 Å². The van der Waals surface area contributed by atoms with Gasteiger partial charge in [0.25, 0.3) is 0 Å². The van der Waals surface area contributed by atoms with Crippen LogP contribution in [-0.2, 0) is 0 Å². The normalized spacial score (nSPS) is 28.2. The number of hydrogen-bond acceptors (Lipinski definition) is 1. The molecule has 0 bridgehead atoms. The van der Waals surface area contributed by atoms with E-state index in [0.717, 1.165) is 0 Å². The highest BCUT2D eigenvalue weighted by Crippen LogP contribution is 2.54. The summed E-state index contributed by atoms with van der Waals surface area (Å²) >= 11 is 3.53. The molecular formula is C12H14BrN. The maximum absolute atomic E-state index is 3.63. The third kappa shape index (κ3) is 1.51. The Kier molecular flexibility index (Phi) is 1.96. The fourth-order valence-electron chi connectivity index (χ4n) is 2.43. The smallest absolute Gasteiger partial charge is 0.0326 e. The van der Waals surface area contributed by atoms with Crippen LogP contribution in [0, 0.1) is 5.41 Å². The molecule has 1 atom stereocenters. The van der Waals surface area contributed by atoms with Gasteiger partial charge in [0.05, 0.1) is 0 Å². The van der Waals surface area contributed by atoms with Crippen molar-refractivity contribution in [3.63, 3.8) is 0 Å². The van der Waals surface area contributed by atoms with Crippen molar-refractivity contribution in [3.8, 4) is 0 Å². The maximum atomic E-state index is 3.63. The van der Waals surface area contributed by atoms with Gasteiger partial charge in [0.1, 0.15) is 0 Å². The van der Waals surface area contributed by atoms with E-state index in [9.17, 15) is 0 Å². The molecule has 1 spiro atoms. The van der Waals surface area contributed by atoms with E-state index in [2.05, 4.69) is 45.5 Å². The predicted octanol–water partition coefficient (Wildman–Crippen LogP) is 3.26. The maximum Gasteiger partial charge on any atom is 0.0326 e. The molecule has 3 rings (SSSR count). The van der Waals surface area contributed by atoms with Crippen molar-refractivity contribution < 1.29 is 0 Å². The van der Waals surface area contributed by atoms with Crippen molar-refractivity contribution in [2.45, 2.75) is 25.3 Å². The van der Waals surface area contributed by atoms with Gasteiger partial charge in [-0.25, -0.2) is 0 Å². The Balaban J connectivity index is 1.82. The fourth-order valence-corrected chi connectivity index (χ4v) is 2.85. The monoisotopic (exact) mass is 251 g/mol. The number of benzene rings is 1. The molecule has 74 valence electrons. The Morgan fingerprint density at radius 2 is 2.21 bits per heavy atom. The van der Waals surface area contributed by atoms with Gasteiger partial charge in [-0.3, -0.25) is 0 Å². The van der Waals surface area contributed by atoms with Gasteiger partial charge in [-0.2, -0.15) is 0 Å². The Bertz CT molecular complexity index is 357. The molecule has 0 amide bonds. The van der Waals surface area contributed by atoms with Crippen molar-refractivity contribution >= 4 is 15.9 Å². The first-order valence-electron chi connectivity index (χ1n) is 5.26. The van der Waals surface area contributed by atoms with Crippen molar-refractivity contribution in [3.05, 3.63) is 34.3 Å². The summed E-state index contributed by atoms with van der Waals surface area (Å²) in [7, 11) is 0. The van der Waals surface area contributed by atoms with Crippen molar-refractivity contribution in [1.82, 2.24) is 5.32 Å². The second-order valence-electron chi connectivity index (χ2n) is 4.69. The molecule has 1 aliphatic carbocycles. The van der Waals surface area contributed by atoms with Crippen LogP contribution in [0.4, 0.5) is 0 Å². The SMILES string of the molecule is Brc1cccc(C2CC3(CC3)CN2)c1. The largest absolute Gasteiger partial charge is 0.309 e. The molecule has 14 heavy (non-hydrogen) atoms. The van der Waals surface area contributed by atoms with E-state index in [4.69, 9.17) is 0 Å². The molecule has 1 unspecified atom stereocenters. The lowest BCUT2D eigenvalue weighted by Crippen LogP contribution is -2.13. The first-order chi connectivity index (χ1) is 6.77. The molecule has 1 saturated carbocycles. The zero-order valence-electron chi connectivity index (χ0n) is 8.09. The van der Waals surface area contributed by atoms with Crippen LogP contribution in [0.1, 0.15) is 30.9 Å². The molecule has 1 nitrogen and oxygen atoms in total. The Labute approximate surface area is 93.0 Å². The third-order valence-electron chi connectivity index (χ3n) is 3.57. The molecule has 0 radical (unpaired) electrons. The summed E-state index contributed by atoms with van der Waals surface area (Å²) < 4.78 is 1.19. The first kappa shape index (κ1) is 8.93. The van der Waals surface area contributed by atoms with E-state index in [-0.39, 0.29) is 0 Å². The van der Waals surface area contributed by atoms with Gasteiger partial charge in [-0.05, 0) is 42.4 Å². The van der Waals surface area contributed by atoms with E-state index in [1.54, 1.807) is 0 Å². The van der Waals surface area contributed by atoms with E-state index >= 15 is 0 Å². The fraction of sp³-hybridized carbons (Fsp3) is 0.500. The zero-order valence-corrected chi connectivity index (χ0v) is 9.68. The lowest BCUT2D eigenvalue weighted by molar-refractivity contribution is 0.552. The highest BCUT2D eigenvalue weighted by molar-refractivity contribution is 9.10. The second-order valence-corrected chi connectivity index (χ2v) is 5.61. The van der Waals surface area contributed by atoms with E-state index in [1.165, 1.54) is 35.8 Å². The van der Waals surface area contributed by atoms with Crippen LogP contribution in [0.2, 0.25) is 0 Å². The Morgan fingerprint density at radius 3 is 2.86 bits per heavy atom. The van der Waals surface area contributed by atoms with Gasteiger partial charge >= 0.3 is 0 Å². The van der Waals surface area contributed by atoms with Crippen molar-refractivity contribution in [2.75, 3.05) is 6.54 Å². The summed E-state index contributed by atoms with van der Waals surface area (Å²) in [5, 5.41) is 3.63. The quantitative estimate of drug-likeness (QED) is 0.808. The summed E-state index contributed by atoms with van der Waals surface area (Å²) in [6.07, 6.45) is 4.21. The zero-order chi connectivity index (χ0) is 9.60. The van der Waals surface area contributed by atoms with Crippen LogP contribution >= 0.6 is 15.9 Å². The third-order valence-corrected chi connectivity index (χ3v) is 4.06. The molecule has 1 aliphatic heterocycles. The Morgan fingerprint density at radius 1 is 1.36 bits per heavy atom. The molecule has 1 aromatic carbocycles. The minimum Gasteiger partial charge on any atom is -0.309 e. The number of rotatable bonds is 1. The van der Waals surface area contributed by atoms with Crippen LogP contribution in [0.5, 0.6) is 0 Å². The van der Waals surface area contributed by atoms with Crippen LogP contribution in [0.3, 0.4) is 0 Å². The number of halogens is 1. The van der Waals surface area contributed by atoms with Crippen LogP contribution < -0.4 is 5.32 Å². The summed E-state index contributed by atoms with van der Waals surface area (Å²) in [6.45, 7) is 1.23. The molecule has 1 aromatic rings. The van der Waals surface area contributed by atoms with Gasteiger partial charge in [0.15, 0.2) is 0 Å². The average molecular weight is 252 g/mol. The van der Waals surface area contributed by atoms with Gasteiger partial charge in [-0.1, -0.05) is 28.1 Å². The molecule has 0 aromatic heterocycles. The number of hydrogen-bond donors (Lipinski definition) is 1. The predicted molar refractivity (Wildman–Crippen MR) is 61.2 cm³/mol. The van der Waals surface area contributed by atoms with E-state index < -0.39 is 0 Å². The second kappa shape index (κ2) is 3.07. The average Bonchev–Trinajstić information content (AvgIpc) is 2.76. The highest BCUT2D eigenvalue weighted by atomic mass is 79.9. The van der Waals surface area contributed by atoms with Gasteiger partial charge in [0.2, 0.25) is 0 Å². The summed E-state index contributed by atoms with van der Waals surface area (Å²) in [5.41, 5.74) is 2.12. The lowest BCUT2D eigenvalue weighted by atomic mass is 9.98. The molecule has 2 heteroatoms. The molecule has 2 fully saturated rings. The van der Waals surface area contributed by atoms with Crippen molar-refractivity contribution in [2.24, 2.45) is 5.41 Å². The minimum absolute atomic E-state index is 0.593. The van der Waals surface area contributed by atoms with Crippen molar-refractivity contribution in [1.29, 1.82) is 0 Å². The lowest BCUT2D eigenvalue weighted by Gasteiger charge is -2.10. The standard InChI is InChI=1S/C12H14BrN/c13-10-3-1-2-9(6-10)11-7-12(4-5-12)8-14-11/h1-3,6,11,14H,4-5,7-8H2. The molecule has 1 saturated heterocycles.